The van der Waals surface area contributed by atoms with Gasteiger partial charge in [-0.3, -0.25) is 19.7 Å². The van der Waals surface area contributed by atoms with Crippen molar-refractivity contribution in [2.75, 3.05) is 31.6 Å². The van der Waals surface area contributed by atoms with Gasteiger partial charge in [-0.2, -0.15) is 0 Å². The third kappa shape index (κ3) is 7.91. The number of amides is 2. The predicted octanol–water partition coefficient (Wildman–Crippen LogP) is 3.11. The summed E-state index contributed by atoms with van der Waals surface area (Å²) >= 11 is 0. The number of benzene rings is 2. The van der Waals surface area contributed by atoms with E-state index in [9.17, 15) is 29.3 Å². The molecule has 0 bridgehead atoms. The summed E-state index contributed by atoms with van der Waals surface area (Å²) < 4.78 is 9.86. The number of nitrogens with one attached hydrogen (secondary N) is 1. The first-order valence-corrected chi connectivity index (χ1v) is 10.9. The number of para-hydroxylation sites is 1. The largest absolute Gasteiger partial charge is 0.462 e. The molecule has 0 aliphatic carbocycles. The van der Waals surface area contributed by atoms with Crippen molar-refractivity contribution in [2.45, 2.75) is 27.2 Å². The standard InChI is InChI=1S/C24H27N3O8/c1-4-10-26(14-21(28)25-20-9-7-6-8-16(20)3)22(29)15-35-24(31)18-11-17(23(30)34-5-2)12-19(13-18)27(32)33/h6-9,11-13H,4-5,10,14-15H2,1-3H3,(H,25,28). The number of hydrogen-bond donors (Lipinski definition) is 1. The summed E-state index contributed by atoms with van der Waals surface area (Å²) in [4.78, 5) is 61.2. The number of nitro groups is 1. The van der Waals surface area contributed by atoms with Crippen LogP contribution < -0.4 is 5.32 Å². The Morgan fingerprint density at radius 2 is 1.63 bits per heavy atom. The SMILES string of the molecule is CCCN(CC(=O)Nc1ccccc1C)C(=O)COC(=O)c1cc(C(=O)OCC)cc([N+](=O)[O-])c1. The third-order valence-electron chi connectivity index (χ3n) is 4.80. The van der Waals surface area contributed by atoms with Crippen LogP contribution in [0.1, 0.15) is 46.5 Å². The van der Waals surface area contributed by atoms with Gasteiger partial charge in [0.15, 0.2) is 6.61 Å². The van der Waals surface area contributed by atoms with Crippen LogP contribution in [0.2, 0.25) is 0 Å². The van der Waals surface area contributed by atoms with Gasteiger partial charge >= 0.3 is 11.9 Å². The van der Waals surface area contributed by atoms with Gasteiger partial charge in [-0.05, 0) is 38.0 Å². The normalized spacial score (nSPS) is 10.3. The summed E-state index contributed by atoms with van der Waals surface area (Å²) in [5, 5.41) is 13.9. The predicted molar refractivity (Wildman–Crippen MR) is 126 cm³/mol. The fourth-order valence-corrected chi connectivity index (χ4v) is 3.11. The van der Waals surface area contributed by atoms with E-state index in [0.29, 0.717) is 12.1 Å². The van der Waals surface area contributed by atoms with Gasteiger partial charge in [-0.1, -0.05) is 25.1 Å². The van der Waals surface area contributed by atoms with E-state index in [1.165, 1.54) is 4.90 Å². The molecule has 11 heteroatoms. The smallest absolute Gasteiger partial charge is 0.338 e. The Hall–Kier alpha value is -4.28. The summed E-state index contributed by atoms with van der Waals surface area (Å²) in [6.07, 6.45) is 0.561. The van der Waals surface area contributed by atoms with Crippen LogP contribution in [-0.2, 0) is 19.1 Å². The minimum absolute atomic E-state index is 0.0422. The molecule has 0 fully saturated rings. The summed E-state index contributed by atoms with van der Waals surface area (Å²) in [5.74, 6) is -2.90. The van der Waals surface area contributed by atoms with Gasteiger partial charge < -0.3 is 19.7 Å². The van der Waals surface area contributed by atoms with Crippen LogP contribution in [0.25, 0.3) is 0 Å². The monoisotopic (exact) mass is 485 g/mol. The number of nitrogens with zero attached hydrogens (tertiary/aromatic N) is 2. The maximum absolute atomic E-state index is 12.6. The van der Waals surface area contributed by atoms with E-state index in [4.69, 9.17) is 9.47 Å². The zero-order valence-electron chi connectivity index (χ0n) is 19.7. The molecule has 0 aromatic heterocycles. The number of esters is 2. The first-order valence-electron chi connectivity index (χ1n) is 10.9. The molecule has 186 valence electrons. The molecule has 2 rings (SSSR count). The van der Waals surface area contributed by atoms with Gasteiger partial charge in [0.05, 0.1) is 29.2 Å². The van der Waals surface area contributed by atoms with Crippen LogP contribution >= 0.6 is 0 Å². The van der Waals surface area contributed by atoms with Gasteiger partial charge in [0.2, 0.25) is 5.91 Å². The minimum atomic E-state index is -1.03. The van der Waals surface area contributed by atoms with E-state index in [1.54, 1.807) is 19.1 Å². The zero-order chi connectivity index (χ0) is 26.0. The number of aryl methyl sites for hydroxylation is 1. The first kappa shape index (κ1) is 27.0. The van der Waals surface area contributed by atoms with Crippen molar-refractivity contribution in [1.82, 2.24) is 4.90 Å². The fraction of sp³-hybridized carbons (Fsp3) is 0.333. The number of rotatable bonds is 11. The van der Waals surface area contributed by atoms with Crippen molar-refractivity contribution < 1.29 is 33.6 Å². The lowest BCUT2D eigenvalue weighted by Gasteiger charge is -2.21. The number of nitro benzene ring substituents is 1. The van der Waals surface area contributed by atoms with E-state index in [1.807, 2.05) is 26.0 Å². The Morgan fingerprint density at radius 3 is 2.20 bits per heavy atom. The van der Waals surface area contributed by atoms with Crippen molar-refractivity contribution in [3.05, 3.63) is 69.3 Å². The van der Waals surface area contributed by atoms with Gasteiger partial charge in [0.25, 0.3) is 11.6 Å². The van der Waals surface area contributed by atoms with E-state index in [0.717, 1.165) is 23.8 Å². The van der Waals surface area contributed by atoms with Crippen LogP contribution in [0.3, 0.4) is 0 Å². The van der Waals surface area contributed by atoms with E-state index in [-0.39, 0.29) is 30.8 Å². The van der Waals surface area contributed by atoms with Crippen molar-refractivity contribution in [1.29, 1.82) is 0 Å². The average molecular weight is 485 g/mol. The molecule has 2 aromatic rings. The molecule has 0 atom stereocenters. The van der Waals surface area contributed by atoms with Gasteiger partial charge in [0.1, 0.15) is 0 Å². The highest BCUT2D eigenvalue weighted by molar-refractivity contribution is 5.98. The molecule has 0 aliphatic heterocycles. The van der Waals surface area contributed by atoms with Crippen molar-refractivity contribution >= 4 is 35.1 Å². The molecule has 0 saturated carbocycles. The zero-order valence-corrected chi connectivity index (χ0v) is 19.7. The molecule has 2 amide bonds. The van der Waals surface area contributed by atoms with Crippen molar-refractivity contribution in [3.8, 4) is 0 Å². The molecule has 0 heterocycles. The average Bonchev–Trinajstić information content (AvgIpc) is 2.83. The molecule has 0 aliphatic rings. The Labute approximate surface area is 202 Å². The number of carbonyl (C=O) groups excluding carboxylic acids is 4. The summed E-state index contributed by atoms with van der Waals surface area (Å²) in [7, 11) is 0. The fourth-order valence-electron chi connectivity index (χ4n) is 3.11. The Kier molecular flexibility index (Phi) is 9.88. The maximum atomic E-state index is 12.6. The van der Waals surface area contributed by atoms with E-state index < -0.39 is 41.0 Å². The van der Waals surface area contributed by atoms with Crippen molar-refractivity contribution in [2.24, 2.45) is 0 Å². The molecular weight excluding hydrogens is 458 g/mol. The number of carbonyl (C=O) groups is 4. The molecule has 2 aromatic carbocycles. The lowest BCUT2D eigenvalue weighted by molar-refractivity contribution is -0.384. The van der Waals surface area contributed by atoms with E-state index in [2.05, 4.69) is 5.32 Å². The Bertz CT molecular complexity index is 1120. The number of anilines is 1. The molecule has 11 nitrogen and oxygen atoms in total. The molecule has 1 N–H and O–H groups in total. The molecule has 35 heavy (non-hydrogen) atoms. The topological polar surface area (TPSA) is 145 Å². The highest BCUT2D eigenvalue weighted by Crippen LogP contribution is 2.19. The lowest BCUT2D eigenvalue weighted by atomic mass is 10.1. The minimum Gasteiger partial charge on any atom is -0.462 e. The molecule has 0 spiro atoms. The molecule has 0 radical (unpaired) electrons. The number of non-ortho nitro benzene ring substituents is 1. The van der Waals surface area contributed by atoms with Crippen LogP contribution in [0, 0.1) is 17.0 Å². The van der Waals surface area contributed by atoms with Gasteiger partial charge in [0, 0.05) is 24.4 Å². The second-order valence-corrected chi connectivity index (χ2v) is 7.50. The molecule has 0 saturated heterocycles. The van der Waals surface area contributed by atoms with Crippen LogP contribution in [0.15, 0.2) is 42.5 Å². The van der Waals surface area contributed by atoms with Crippen LogP contribution in [0.4, 0.5) is 11.4 Å². The highest BCUT2D eigenvalue weighted by Gasteiger charge is 2.22. The van der Waals surface area contributed by atoms with E-state index >= 15 is 0 Å². The summed E-state index contributed by atoms with van der Waals surface area (Å²) in [5.41, 5.74) is 0.502. The summed E-state index contributed by atoms with van der Waals surface area (Å²) in [6.45, 7) is 4.59. The third-order valence-corrected chi connectivity index (χ3v) is 4.80. The quantitative estimate of drug-likeness (QED) is 0.290. The Balaban J connectivity index is 2.07. The second-order valence-electron chi connectivity index (χ2n) is 7.50. The maximum Gasteiger partial charge on any atom is 0.338 e. The number of hydrogen-bond acceptors (Lipinski definition) is 8. The second kappa shape index (κ2) is 12.8. The first-order chi connectivity index (χ1) is 16.7. The van der Waals surface area contributed by atoms with Gasteiger partial charge in [-0.25, -0.2) is 9.59 Å². The highest BCUT2D eigenvalue weighted by atomic mass is 16.6. The summed E-state index contributed by atoms with van der Waals surface area (Å²) in [6, 6.07) is 10.2. The number of ether oxygens (including phenoxy) is 2. The van der Waals surface area contributed by atoms with Crippen LogP contribution in [-0.4, -0.2) is 59.9 Å². The Morgan fingerprint density at radius 1 is 1.00 bits per heavy atom. The lowest BCUT2D eigenvalue weighted by Crippen LogP contribution is -2.40. The molecular formula is C24H27N3O8. The van der Waals surface area contributed by atoms with Crippen molar-refractivity contribution in [3.63, 3.8) is 0 Å². The van der Waals surface area contributed by atoms with Crippen LogP contribution in [0.5, 0.6) is 0 Å². The molecule has 0 unspecified atom stereocenters. The van der Waals surface area contributed by atoms with Gasteiger partial charge in [-0.15, -0.1) is 0 Å².